The van der Waals surface area contributed by atoms with E-state index in [4.69, 9.17) is 23.2 Å². The van der Waals surface area contributed by atoms with Gasteiger partial charge in [0.05, 0.1) is 22.0 Å². The maximum atomic E-state index is 11.9. The van der Waals surface area contributed by atoms with E-state index in [1.165, 1.54) is 17.6 Å². The summed E-state index contributed by atoms with van der Waals surface area (Å²) in [5, 5.41) is 6.96. The summed E-state index contributed by atoms with van der Waals surface area (Å²) in [6.07, 6.45) is 1.45. The lowest BCUT2D eigenvalue weighted by Gasteiger charge is -2.00. The predicted molar refractivity (Wildman–Crippen MR) is 87.7 cm³/mol. The van der Waals surface area contributed by atoms with Crippen molar-refractivity contribution >= 4 is 46.7 Å². The zero-order chi connectivity index (χ0) is 15.4. The predicted octanol–water partition coefficient (Wildman–Crippen LogP) is 4.34. The number of benzene rings is 1. The second kappa shape index (κ2) is 7.02. The number of hydrogen-bond acceptors (Lipinski definition) is 4. The monoisotopic (exact) mass is 341 g/mol. The Morgan fingerprint density at radius 2 is 2.19 bits per heavy atom. The summed E-state index contributed by atoms with van der Waals surface area (Å²) in [5.41, 5.74) is 3.95. The molecule has 0 saturated heterocycles. The van der Waals surface area contributed by atoms with Gasteiger partial charge < -0.3 is 0 Å². The summed E-state index contributed by atoms with van der Waals surface area (Å²) in [6.45, 7) is 4.05. The molecular weight excluding hydrogens is 329 g/mol. The van der Waals surface area contributed by atoms with Crippen molar-refractivity contribution in [2.24, 2.45) is 5.10 Å². The number of carbonyl (C=O) groups excluding carboxylic acids is 1. The number of carbonyl (C=O) groups is 1. The van der Waals surface area contributed by atoms with E-state index in [9.17, 15) is 4.79 Å². The van der Waals surface area contributed by atoms with Crippen LogP contribution in [0.4, 0.5) is 0 Å². The molecule has 21 heavy (non-hydrogen) atoms. The highest BCUT2D eigenvalue weighted by atomic mass is 35.5. The SMILES string of the molecule is CC(C)c1csc(C(=O)N/N=C\c2cccc(Cl)c2Cl)n1. The van der Waals surface area contributed by atoms with Gasteiger partial charge in [-0.15, -0.1) is 11.3 Å². The number of nitrogens with one attached hydrogen (secondary N) is 1. The van der Waals surface area contributed by atoms with Crippen LogP contribution in [0.5, 0.6) is 0 Å². The first kappa shape index (κ1) is 15.9. The number of amides is 1. The fourth-order valence-electron chi connectivity index (χ4n) is 1.48. The van der Waals surface area contributed by atoms with E-state index in [1.54, 1.807) is 18.2 Å². The van der Waals surface area contributed by atoms with E-state index in [1.807, 2.05) is 19.2 Å². The Morgan fingerprint density at radius 1 is 1.43 bits per heavy atom. The minimum atomic E-state index is -0.346. The van der Waals surface area contributed by atoms with E-state index in [0.29, 0.717) is 20.6 Å². The molecule has 110 valence electrons. The van der Waals surface area contributed by atoms with Gasteiger partial charge in [-0.2, -0.15) is 5.10 Å². The van der Waals surface area contributed by atoms with E-state index in [2.05, 4.69) is 15.5 Å². The molecule has 7 heteroatoms. The highest BCUT2D eigenvalue weighted by molar-refractivity contribution is 7.11. The third-order valence-corrected chi connectivity index (χ3v) is 4.35. The summed E-state index contributed by atoms with van der Waals surface area (Å²) >= 11 is 13.2. The Bertz CT molecular complexity index is 683. The molecule has 0 bridgehead atoms. The normalized spacial score (nSPS) is 11.3. The minimum absolute atomic E-state index is 0.288. The number of nitrogens with zero attached hydrogens (tertiary/aromatic N) is 2. The first-order chi connectivity index (χ1) is 9.99. The molecule has 2 aromatic rings. The Balaban J connectivity index is 2.03. The van der Waals surface area contributed by atoms with Gasteiger partial charge in [-0.1, -0.05) is 49.2 Å². The second-order valence-electron chi connectivity index (χ2n) is 4.57. The topological polar surface area (TPSA) is 54.4 Å². The Kier molecular flexibility index (Phi) is 5.33. The van der Waals surface area contributed by atoms with Gasteiger partial charge in [0.25, 0.3) is 5.91 Å². The zero-order valence-corrected chi connectivity index (χ0v) is 13.8. The maximum absolute atomic E-state index is 11.9. The summed E-state index contributed by atoms with van der Waals surface area (Å²) in [6, 6.07) is 5.19. The molecule has 2 rings (SSSR count). The lowest BCUT2D eigenvalue weighted by Crippen LogP contribution is -2.17. The van der Waals surface area contributed by atoms with Crippen LogP contribution in [-0.2, 0) is 0 Å². The molecule has 1 N–H and O–H groups in total. The van der Waals surface area contributed by atoms with Gasteiger partial charge in [0.15, 0.2) is 5.01 Å². The van der Waals surface area contributed by atoms with Crippen LogP contribution in [0.1, 0.15) is 40.8 Å². The van der Waals surface area contributed by atoms with Crippen LogP contribution in [0.3, 0.4) is 0 Å². The summed E-state index contributed by atoms with van der Waals surface area (Å²) in [4.78, 5) is 16.1. The van der Waals surface area contributed by atoms with Gasteiger partial charge in [0, 0.05) is 10.9 Å². The van der Waals surface area contributed by atoms with Gasteiger partial charge in [0.1, 0.15) is 0 Å². The fraction of sp³-hybridized carbons (Fsp3) is 0.214. The largest absolute Gasteiger partial charge is 0.300 e. The van der Waals surface area contributed by atoms with Crippen LogP contribution in [0.25, 0.3) is 0 Å². The Hall–Kier alpha value is -1.43. The van der Waals surface area contributed by atoms with Crippen molar-refractivity contribution in [1.82, 2.24) is 10.4 Å². The number of hydrazone groups is 1. The van der Waals surface area contributed by atoms with Crippen molar-refractivity contribution < 1.29 is 4.79 Å². The summed E-state index contributed by atoms with van der Waals surface area (Å²) in [5.74, 6) is -0.0575. The molecule has 1 aromatic carbocycles. The molecular formula is C14H13Cl2N3OS. The van der Waals surface area contributed by atoms with Crippen LogP contribution < -0.4 is 5.43 Å². The molecule has 0 saturated carbocycles. The Morgan fingerprint density at radius 3 is 2.86 bits per heavy atom. The zero-order valence-electron chi connectivity index (χ0n) is 11.4. The lowest BCUT2D eigenvalue weighted by molar-refractivity contribution is 0.0954. The van der Waals surface area contributed by atoms with Crippen LogP contribution in [0.2, 0.25) is 10.0 Å². The van der Waals surface area contributed by atoms with Gasteiger partial charge in [-0.3, -0.25) is 4.79 Å². The third kappa shape index (κ3) is 4.03. The summed E-state index contributed by atoms with van der Waals surface area (Å²) < 4.78 is 0. The van der Waals surface area contributed by atoms with Crippen molar-refractivity contribution in [2.75, 3.05) is 0 Å². The standard InChI is InChI=1S/C14H13Cl2N3OS/c1-8(2)11-7-21-14(18-11)13(20)19-17-6-9-4-3-5-10(15)12(9)16/h3-8H,1-2H3,(H,19,20)/b17-6-. The van der Waals surface area contributed by atoms with Crippen molar-refractivity contribution in [3.05, 3.63) is 49.9 Å². The molecule has 0 aliphatic heterocycles. The molecule has 0 fully saturated rings. The highest BCUT2D eigenvalue weighted by Gasteiger charge is 2.12. The second-order valence-corrected chi connectivity index (χ2v) is 6.22. The summed E-state index contributed by atoms with van der Waals surface area (Å²) in [7, 11) is 0. The fourth-order valence-corrected chi connectivity index (χ4v) is 2.71. The number of thiazole rings is 1. The van der Waals surface area contributed by atoms with Crippen LogP contribution in [0, 0.1) is 0 Å². The molecule has 1 aromatic heterocycles. The quantitative estimate of drug-likeness (QED) is 0.664. The van der Waals surface area contributed by atoms with Crippen molar-refractivity contribution in [2.45, 2.75) is 19.8 Å². The first-order valence-corrected chi connectivity index (χ1v) is 7.85. The van der Waals surface area contributed by atoms with Crippen molar-refractivity contribution in [3.8, 4) is 0 Å². The number of halogens is 2. The molecule has 1 heterocycles. The highest BCUT2D eigenvalue weighted by Crippen LogP contribution is 2.24. The third-order valence-electron chi connectivity index (χ3n) is 2.66. The number of rotatable bonds is 4. The van der Waals surface area contributed by atoms with Crippen LogP contribution >= 0.6 is 34.5 Å². The van der Waals surface area contributed by atoms with Crippen LogP contribution in [-0.4, -0.2) is 17.1 Å². The van der Waals surface area contributed by atoms with Gasteiger partial charge in [-0.05, 0) is 12.0 Å². The first-order valence-electron chi connectivity index (χ1n) is 6.22. The van der Waals surface area contributed by atoms with E-state index >= 15 is 0 Å². The smallest absolute Gasteiger partial charge is 0.265 e. The molecule has 0 aliphatic rings. The van der Waals surface area contributed by atoms with Crippen molar-refractivity contribution in [3.63, 3.8) is 0 Å². The van der Waals surface area contributed by atoms with E-state index in [0.717, 1.165) is 5.69 Å². The number of aromatic nitrogens is 1. The van der Waals surface area contributed by atoms with Crippen molar-refractivity contribution in [1.29, 1.82) is 0 Å². The lowest BCUT2D eigenvalue weighted by atomic mass is 10.2. The molecule has 0 unspecified atom stereocenters. The van der Waals surface area contributed by atoms with E-state index < -0.39 is 0 Å². The van der Waals surface area contributed by atoms with Gasteiger partial charge >= 0.3 is 0 Å². The molecule has 1 amide bonds. The molecule has 0 spiro atoms. The molecule has 4 nitrogen and oxygen atoms in total. The Labute approximate surface area is 136 Å². The molecule has 0 atom stereocenters. The molecule has 0 aliphatic carbocycles. The van der Waals surface area contributed by atoms with E-state index in [-0.39, 0.29) is 11.8 Å². The average Bonchev–Trinajstić information content (AvgIpc) is 2.93. The van der Waals surface area contributed by atoms with Gasteiger partial charge in [-0.25, -0.2) is 10.4 Å². The maximum Gasteiger partial charge on any atom is 0.300 e. The molecule has 0 radical (unpaired) electrons. The van der Waals surface area contributed by atoms with Crippen LogP contribution in [0.15, 0.2) is 28.7 Å². The minimum Gasteiger partial charge on any atom is -0.265 e. The number of hydrogen-bond donors (Lipinski definition) is 1. The van der Waals surface area contributed by atoms with Gasteiger partial charge in [0.2, 0.25) is 0 Å². The average molecular weight is 342 g/mol.